The van der Waals surface area contributed by atoms with Crippen LogP contribution in [0.5, 0.6) is 0 Å². The lowest BCUT2D eigenvalue weighted by Crippen LogP contribution is -2.52. The second-order valence-electron chi connectivity index (χ2n) is 3.96. The van der Waals surface area contributed by atoms with Gasteiger partial charge in [0, 0.05) is 32.7 Å². The molecule has 1 atom stereocenters. The number of hydrogen-bond donors (Lipinski definition) is 1. The lowest BCUT2D eigenvalue weighted by molar-refractivity contribution is 0.282. The fourth-order valence-corrected chi connectivity index (χ4v) is 3.65. The number of rotatable bonds is 2. The Morgan fingerprint density at radius 1 is 1.56 bits per heavy atom. The molecular formula is C9H16N4O2S. The summed E-state index contributed by atoms with van der Waals surface area (Å²) in [5.41, 5.74) is 0. The maximum Gasteiger partial charge on any atom is 0.260 e. The molecule has 6 nitrogen and oxygen atoms in total. The SMILES string of the molecule is C[C@@H]1CNCCN1S(=O)(=O)c1ccnn1C. The average molecular weight is 244 g/mol. The number of aryl methyl sites for hydroxylation is 1. The van der Waals surface area contributed by atoms with E-state index < -0.39 is 10.0 Å². The number of nitrogens with one attached hydrogen (secondary N) is 1. The number of piperazine rings is 1. The maximum absolute atomic E-state index is 12.3. The van der Waals surface area contributed by atoms with Crippen molar-refractivity contribution in [1.82, 2.24) is 19.4 Å². The summed E-state index contributed by atoms with van der Waals surface area (Å²) in [6.07, 6.45) is 1.50. The van der Waals surface area contributed by atoms with Gasteiger partial charge in [0.15, 0.2) is 5.03 Å². The summed E-state index contributed by atoms with van der Waals surface area (Å²) in [6.45, 7) is 3.80. The normalized spacial score (nSPS) is 23.5. The minimum Gasteiger partial charge on any atom is -0.314 e. The van der Waals surface area contributed by atoms with Gasteiger partial charge in [-0.15, -0.1) is 0 Å². The largest absolute Gasteiger partial charge is 0.314 e. The van der Waals surface area contributed by atoms with E-state index >= 15 is 0 Å². The lowest BCUT2D eigenvalue weighted by atomic mass is 10.3. The van der Waals surface area contributed by atoms with Crippen molar-refractivity contribution in [3.8, 4) is 0 Å². The van der Waals surface area contributed by atoms with Gasteiger partial charge < -0.3 is 5.32 Å². The second kappa shape index (κ2) is 4.15. The molecule has 0 saturated carbocycles. The van der Waals surface area contributed by atoms with Gasteiger partial charge in [0.25, 0.3) is 10.0 Å². The Labute approximate surface area is 95.3 Å². The van der Waals surface area contributed by atoms with Crippen LogP contribution in [0.25, 0.3) is 0 Å². The van der Waals surface area contributed by atoms with Gasteiger partial charge in [-0.2, -0.15) is 9.40 Å². The van der Waals surface area contributed by atoms with Crippen molar-refractivity contribution in [2.75, 3.05) is 19.6 Å². The van der Waals surface area contributed by atoms with Crippen LogP contribution in [0.2, 0.25) is 0 Å². The summed E-state index contributed by atoms with van der Waals surface area (Å²) in [6, 6.07) is 1.51. The summed E-state index contributed by atoms with van der Waals surface area (Å²) < 4.78 is 27.6. The van der Waals surface area contributed by atoms with E-state index in [-0.39, 0.29) is 11.1 Å². The van der Waals surface area contributed by atoms with Crippen molar-refractivity contribution in [3.63, 3.8) is 0 Å². The molecule has 90 valence electrons. The molecule has 2 heterocycles. The zero-order valence-electron chi connectivity index (χ0n) is 9.42. The first-order valence-corrected chi connectivity index (χ1v) is 6.68. The fraction of sp³-hybridized carbons (Fsp3) is 0.667. The zero-order valence-corrected chi connectivity index (χ0v) is 10.2. The van der Waals surface area contributed by atoms with E-state index in [9.17, 15) is 8.42 Å². The van der Waals surface area contributed by atoms with Crippen molar-refractivity contribution in [2.45, 2.75) is 18.0 Å². The van der Waals surface area contributed by atoms with Crippen LogP contribution in [0.15, 0.2) is 17.3 Å². The van der Waals surface area contributed by atoms with Crippen LogP contribution in [-0.2, 0) is 17.1 Å². The summed E-state index contributed by atoms with van der Waals surface area (Å²) in [7, 11) is -1.77. The number of sulfonamides is 1. The average Bonchev–Trinajstić information content (AvgIpc) is 2.65. The second-order valence-corrected chi connectivity index (χ2v) is 5.80. The van der Waals surface area contributed by atoms with E-state index in [0.29, 0.717) is 19.6 Å². The smallest absolute Gasteiger partial charge is 0.260 e. The van der Waals surface area contributed by atoms with Crippen molar-refractivity contribution in [3.05, 3.63) is 12.3 Å². The molecule has 0 aromatic carbocycles. The van der Waals surface area contributed by atoms with Crippen molar-refractivity contribution in [2.24, 2.45) is 7.05 Å². The molecule has 1 fully saturated rings. The molecule has 1 aromatic heterocycles. The summed E-state index contributed by atoms with van der Waals surface area (Å²) >= 11 is 0. The molecular weight excluding hydrogens is 228 g/mol. The Morgan fingerprint density at radius 3 is 2.88 bits per heavy atom. The first-order valence-electron chi connectivity index (χ1n) is 5.24. The topological polar surface area (TPSA) is 67.2 Å². The van der Waals surface area contributed by atoms with Crippen LogP contribution in [0.1, 0.15) is 6.92 Å². The van der Waals surface area contributed by atoms with Gasteiger partial charge in [0.05, 0.1) is 6.20 Å². The van der Waals surface area contributed by atoms with E-state index in [4.69, 9.17) is 0 Å². The molecule has 0 amide bonds. The Kier molecular flexibility index (Phi) is 3.00. The van der Waals surface area contributed by atoms with Gasteiger partial charge in [0.2, 0.25) is 0 Å². The molecule has 1 aromatic rings. The van der Waals surface area contributed by atoms with Crippen LogP contribution < -0.4 is 5.32 Å². The maximum atomic E-state index is 12.3. The minimum absolute atomic E-state index is 0.0198. The third kappa shape index (κ3) is 1.85. The first-order chi connectivity index (χ1) is 7.53. The third-order valence-electron chi connectivity index (χ3n) is 2.79. The molecule has 1 saturated heterocycles. The van der Waals surface area contributed by atoms with Crippen LogP contribution in [-0.4, -0.2) is 48.2 Å². The third-order valence-corrected chi connectivity index (χ3v) is 4.88. The highest BCUT2D eigenvalue weighted by molar-refractivity contribution is 7.89. The Bertz CT molecular complexity index is 468. The molecule has 1 N–H and O–H groups in total. The van der Waals surface area contributed by atoms with E-state index in [1.54, 1.807) is 7.05 Å². The molecule has 2 rings (SSSR count). The van der Waals surface area contributed by atoms with Crippen molar-refractivity contribution >= 4 is 10.0 Å². The molecule has 0 unspecified atom stereocenters. The molecule has 16 heavy (non-hydrogen) atoms. The molecule has 0 aliphatic carbocycles. The quantitative estimate of drug-likeness (QED) is 0.754. The van der Waals surface area contributed by atoms with Gasteiger partial charge in [-0.05, 0) is 13.0 Å². The number of aromatic nitrogens is 2. The van der Waals surface area contributed by atoms with Crippen LogP contribution in [0, 0.1) is 0 Å². The van der Waals surface area contributed by atoms with Crippen LogP contribution in [0.4, 0.5) is 0 Å². The molecule has 0 radical (unpaired) electrons. The fourth-order valence-electron chi connectivity index (χ4n) is 1.91. The van der Waals surface area contributed by atoms with Gasteiger partial charge in [-0.3, -0.25) is 4.68 Å². The summed E-state index contributed by atoms with van der Waals surface area (Å²) in [5.74, 6) is 0. The molecule has 1 aliphatic heterocycles. The Hall–Kier alpha value is -0.920. The molecule has 7 heteroatoms. The monoisotopic (exact) mass is 244 g/mol. The standard InChI is InChI=1S/C9H16N4O2S/c1-8-7-10-5-6-13(8)16(14,15)9-3-4-11-12(9)2/h3-4,8,10H,5-7H2,1-2H3/t8-/m1/s1. The predicted octanol–water partition coefficient (Wildman–Crippen LogP) is -0.597. The number of nitrogens with zero attached hydrogens (tertiary/aromatic N) is 3. The van der Waals surface area contributed by atoms with Gasteiger partial charge in [-0.1, -0.05) is 0 Å². The highest BCUT2D eigenvalue weighted by atomic mass is 32.2. The first kappa shape index (κ1) is 11.6. The van der Waals surface area contributed by atoms with E-state index in [0.717, 1.165) is 0 Å². The van der Waals surface area contributed by atoms with Crippen LogP contribution in [0.3, 0.4) is 0 Å². The molecule has 0 bridgehead atoms. The van der Waals surface area contributed by atoms with Gasteiger partial charge in [-0.25, -0.2) is 8.42 Å². The van der Waals surface area contributed by atoms with Crippen molar-refractivity contribution < 1.29 is 8.42 Å². The highest BCUT2D eigenvalue weighted by Gasteiger charge is 2.32. The van der Waals surface area contributed by atoms with Crippen LogP contribution >= 0.6 is 0 Å². The van der Waals surface area contributed by atoms with E-state index in [2.05, 4.69) is 10.4 Å². The Balaban J connectivity index is 2.35. The lowest BCUT2D eigenvalue weighted by Gasteiger charge is -2.32. The number of hydrogen-bond acceptors (Lipinski definition) is 4. The summed E-state index contributed by atoms with van der Waals surface area (Å²) in [5, 5.41) is 7.32. The van der Waals surface area contributed by atoms with Gasteiger partial charge >= 0.3 is 0 Å². The predicted molar refractivity (Wildman–Crippen MR) is 59.4 cm³/mol. The Morgan fingerprint density at radius 2 is 2.31 bits per heavy atom. The van der Waals surface area contributed by atoms with Gasteiger partial charge in [0.1, 0.15) is 0 Å². The highest BCUT2D eigenvalue weighted by Crippen LogP contribution is 2.17. The van der Waals surface area contributed by atoms with E-state index in [1.165, 1.54) is 21.3 Å². The van der Waals surface area contributed by atoms with E-state index in [1.807, 2.05) is 6.92 Å². The molecule has 1 aliphatic rings. The summed E-state index contributed by atoms with van der Waals surface area (Å²) in [4.78, 5) is 0. The van der Waals surface area contributed by atoms with Crippen molar-refractivity contribution in [1.29, 1.82) is 0 Å². The molecule has 0 spiro atoms. The minimum atomic E-state index is -3.40. The zero-order chi connectivity index (χ0) is 11.8.